The standard InChI is InChI=1S/C49H60N10O9/c1-28-42(29(2)55-44(54-28)32-11-14-35(15-12-32)68-34-8-6-5-7-9-34)47(63)58-39(27-60)49(65)59(4)43-33-13-17-41(67-23-20-52)37(26-33)36-24-31(10-16-40(36)66-22-19-51)25-38(46(62)53-21-18-50)57-45(61)30(3)56-48(43)64/h10-17,24,26,30,34,38-39,43,60H,5-9,19-23,25,27,51-52H2,1-4H3,(H,53,62)(H,56,64)(H,57,61)(H,58,63)/t30-,38-,39?,43-/m0/s1. The highest BCUT2D eigenvalue weighted by molar-refractivity contribution is 6.00. The van der Waals surface area contributed by atoms with E-state index >= 15 is 0 Å². The second-order valence-electron chi connectivity index (χ2n) is 16.8. The van der Waals surface area contributed by atoms with E-state index in [0.717, 1.165) is 36.3 Å². The molecule has 0 saturated heterocycles. The first kappa shape index (κ1) is 50.3. The first-order valence-corrected chi connectivity index (χ1v) is 22.8. The fourth-order valence-electron chi connectivity index (χ4n) is 8.35. The number of amides is 5. The number of carbonyl (C=O) groups excluding carboxylic acids is 5. The Labute approximate surface area is 395 Å². The first-order valence-electron chi connectivity index (χ1n) is 22.8. The lowest BCUT2D eigenvalue weighted by Gasteiger charge is -2.32. The summed E-state index contributed by atoms with van der Waals surface area (Å²) in [4.78, 5) is 80.4. The zero-order chi connectivity index (χ0) is 48.9. The number of nitrogens with zero attached hydrogens (tertiary/aromatic N) is 4. The fraction of sp³-hybridized carbons (Fsp3) is 0.429. The second-order valence-corrected chi connectivity index (χ2v) is 16.8. The molecule has 1 saturated carbocycles. The first-order chi connectivity index (χ1) is 32.8. The van der Waals surface area contributed by atoms with E-state index in [2.05, 4.69) is 31.2 Å². The van der Waals surface area contributed by atoms with Gasteiger partial charge < -0.3 is 57.0 Å². The number of likely N-dealkylation sites (N-methyl/N-ethyl adjacent to an activating group) is 1. The largest absolute Gasteiger partial charge is 0.492 e. The van der Waals surface area contributed by atoms with Gasteiger partial charge in [0.25, 0.3) is 5.91 Å². The van der Waals surface area contributed by atoms with E-state index in [0.29, 0.717) is 51.0 Å². The van der Waals surface area contributed by atoms with Crippen molar-refractivity contribution in [2.45, 2.75) is 89.6 Å². The minimum absolute atomic E-state index is 0.0140. The number of fused-ring (bicyclic) bond motifs is 5. The van der Waals surface area contributed by atoms with Gasteiger partial charge in [-0.1, -0.05) is 18.6 Å². The molecule has 5 amide bonds. The number of benzene rings is 3. The third-order valence-corrected chi connectivity index (χ3v) is 11.8. The molecule has 6 rings (SSSR count). The van der Waals surface area contributed by atoms with Gasteiger partial charge in [-0.05, 0) is 106 Å². The lowest BCUT2D eigenvalue weighted by molar-refractivity contribution is -0.142. The molecule has 19 heteroatoms. The van der Waals surface area contributed by atoms with Crippen LogP contribution in [0.25, 0.3) is 22.5 Å². The Balaban J connectivity index is 1.33. The van der Waals surface area contributed by atoms with Crippen molar-refractivity contribution in [3.05, 3.63) is 88.7 Å². The van der Waals surface area contributed by atoms with Crippen molar-refractivity contribution in [2.75, 3.05) is 46.5 Å². The normalized spacial score (nSPS) is 17.8. The Kier molecular flexibility index (Phi) is 17.4. The fourth-order valence-corrected chi connectivity index (χ4v) is 8.35. The van der Waals surface area contributed by atoms with Crippen LogP contribution in [0.3, 0.4) is 0 Å². The Morgan fingerprint density at radius 1 is 0.897 bits per heavy atom. The molecule has 0 radical (unpaired) electrons. The SMILES string of the molecule is Cc1nc(-c2ccc(OC3CCCCC3)cc2)nc(C)c1C(=O)NC(CO)C(=O)N(C)[C@@H]1C(=O)N[C@@H](C)C(=O)N[C@H](C(=O)NCC#N)Cc2ccc(OCCN)c(c2)-c2cc1ccc2OCCN. The van der Waals surface area contributed by atoms with Gasteiger partial charge in [-0.2, -0.15) is 5.26 Å². The van der Waals surface area contributed by atoms with Crippen molar-refractivity contribution in [1.29, 1.82) is 5.26 Å². The summed E-state index contributed by atoms with van der Waals surface area (Å²) >= 11 is 0. The third-order valence-electron chi connectivity index (χ3n) is 11.8. The quantitative estimate of drug-likeness (QED) is 0.0795. The number of hydrogen-bond acceptors (Lipinski definition) is 14. The van der Waals surface area contributed by atoms with Crippen LogP contribution in [0.2, 0.25) is 0 Å². The van der Waals surface area contributed by atoms with Crippen molar-refractivity contribution in [3.63, 3.8) is 0 Å². The van der Waals surface area contributed by atoms with Crippen molar-refractivity contribution in [3.8, 4) is 45.8 Å². The molecular weight excluding hydrogens is 873 g/mol. The summed E-state index contributed by atoms with van der Waals surface area (Å²) in [5, 5.41) is 30.3. The monoisotopic (exact) mass is 932 g/mol. The van der Waals surface area contributed by atoms with Crippen LogP contribution < -0.4 is 46.9 Å². The van der Waals surface area contributed by atoms with E-state index in [1.165, 1.54) is 20.4 Å². The van der Waals surface area contributed by atoms with E-state index in [9.17, 15) is 29.1 Å². The Hall–Kier alpha value is -7.14. The average Bonchev–Trinajstić information content (AvgIpc) is 3.33. The molecule has 1 aliphatic carbocycles. The molecule has 1 aliphatic heterocycles. The van der Waals surface area contributed by atoms with Crippen LogP contribution in [0.5, 0.6) is 17.2 Å². The molecule has 2 aliphatic rings. The van der Waals surface area contributed by atoms with Crippen LogP contribution in [0.1, 0.15) is 77.9 Å². The summed E-state index contributed by atoms with van der Waals surface area (Å²) < 4.78 is 18.3. The minimum Gasteiger partial charge on any atom is -0.492 e. The molecule has 4 aromatic rings. The minimum atomic E-state index is -1.56. The molecular formula is C49H60N10O9. The average molecular weight is 933 g/mol. The number of hydrogen-bond donors (Lipinski definition) is 7. The maximum Gasteiger partial charge on any atom is 0.255 e. The molecule has 1 aromatic heterocycles. The molecule has 9 N–H and O–H groups in total. The highest BCUT2D eigenvalue weighted by atomic mass is 16.5. The number of nitrogens with one attached hydrogen (secondary N) is 4. The van der Waals surface area contributed by atoms with Gasteiger partial charge >= 0.3 is 0 Å². The number of carbonyl (C=O) groups is 5. The number of aryl methyl sites for hydroxylation is 2. The van der Waals surface area contributed by atoms with E-state index in [1.54, 1.807) is 50.2 Å². The van der Waals surface area contributed by atoms with Crippen LogP contribution in [0.15, 0.2) is 60.7 Å². The van der Waals surface area contributed by atoms with Gasteiger partial charge in [0.2, 0.25) is 23.6 Å². The molecule has 1 fully saturated rings. The molecule has 1 unspecified atom stereocenters. The van der Waals surface area contributed by atoms with Gasteiger partial charge in [-0.15, -0.1) is 0 Å². The molecule has 4 bridgehead atoms. The Morgan fingerprint density at radius 2 is 1.53 bits per heavy atom. The molecule has 2 heterocycles. The van der Waals surface area contributed by atoms with Gasteiger partial charge in [0.1, 0.15) is 61.2 Å². The second kappa shape index (κ2) is 23.5. The molecule has 360 valence electrons. The molecule has 3 aromatic carbocycles. The number of aliphatic hydroxyl groups is 1. The number of aliphatic hydroxyl groups excluding tert-OH is 1. The van der Waals surface area contributed by atoms with Gasteiger partial charge in [-0.25, -0.2) is 9.97 Å². The van der Waals surface area contributed by atoms with E-state index in [4.69, 9.17) is 30.9 Å². The van der Waals surface area contributed by atoms with E-state index in [-0.39, 0.29) is 56.5 Å². The van der Waals surface area contributed by atoms with Crippen molar-refractivity contribution >= 4 is 29.5 Å². The Morgan fingerprint density at radius 3 is 2.15 bits per heavy atom. The van der Waals surface area contributed by atoms with Gasteiger partial charge in [0.05, 0.1) is 35.7 Å². The molecule has 0 spiro atoms. The predicted molar refractivity (Wildman–Crippen MR) is 251 cm³/mol. The highest BCUT2D eigenvalue weighted by Crippen LogP contribution is 2.40. The summed E-state index contributed by atoms with van der Waals surface area (Å²) in [6.07, 6.45) is 5.77. The third kappa shape index (κ3) is 12.2. The summed E-state index contributed by atoms with van der Waals surface area (Å²) in [6, 6.07) is 13.8. The summed E-state index contributed by atoms with van der Waals surface area (Å²) in [6.45, 7) is 4.14. The van der Waals surface area contributed by atoms with E-state index < -0.39 is 60.3 Å². The summed E-state index contributed by atoms with van der Waals surface area (Å²) in [5.41, 5.74) is 14.9. The van der Waals surface area contributed by atoms with Crippen LogP contribution in [0, 0.1) is 25.2 Å². The highest BCUT2D eigenvalue weighted by Gasteiger charge is 2.36. The van der Waals surface area contributed by atoms with Crippen LogP contribution in [-0.4, -0.2) is 120 Å². The zero-order valence-electron chi connectivity index (χ0n) is 38.8. The van der Waals surface area contributed by atoms with Crippen molar-refractivity contribution in [2.24, 2.45) is 11.5 Å². The predicted octanol–water partition coefficient (Wildman–Crippen LogP) is 2.29. The number of aromatic nitrogens is 2. The Bertz CT molecular complexity index is 2480. The summed E-state index contributed by atoms with van der Waals surface area (Å²) in [7, 11) is 1.33. The number of ether oxygens (including phenoxy) is 3. The number of nitrogens with two attached hydrogens (primary N) is 2. The van der Waals surface area contributed by atoms with Gasteiger partial charge in [0, 0.05) is 43.2 Å². The van der Waals surface area contributed by atoms with Crippen LogP contribution in [0.4, 0.5) is 0 Å². The van der Waals surface area contributed by atoms with Gasteiger partial charge in [0.15, 0.2) is 5.82 Å². The molecule has 19 nitrogen and oxygen atoms in total. The van der Waals surface area contributed by atoms with Crippen molar-refractivity contribution < 1.29 is 43.3 Å². The lowest BCUT2D eigenvalue weighted by Crippen LogP contribution is -2.56. The van der Waals surface area contributed by atoms with Gasteiger partial charge in [-0.3, -0.25) is 24.0 Å². The smallest absolute Gasteiger partial charge is 0.255 e. The molecule has 4 atom stereocenters. The van der Waals surface area contributed by atoms with E-state index in [1.807, 2.05) is 30.3 Å². The zero-order valence-corrected chi connectivity index (χ0v) is 38.8. The maximum atomic E-state index is 14.5. The summed E-state index contributed by atoms with van der Waals surface area (Å²) in [5.74, 6) is -1.89. The number of nitriles is 1. The van der Waals surface area contributed by atoms with Crippen LogP contribution >= 0.6 is 0 Å². The number of rotatable bonds is 16. The molecule has 68 heavy (non-hydrogen) atoms. The lowest BCUT2D eigenvalue weighted by atomic mass is 9.93. The van der Waals surface area contributed by atoms with Crippen molar-refractivity contribution in [1.82, 2.24) is 36.1 Å². The van der Waals surface area contributed by atoms with Crippen LogP contribution in [-0.2, 0) is 25.6 Å². The maximum absolute atomic E-state index is 14.5. The topological polar surface area (TPSA) is 286 Å².